The van der Waals surface area contributed by atoms with Crippen LogP contribution < -0.4 is 0 Å². The highest BCUT2D eigenvalue weighted by Crippen LogP contribution is 2.33. The molecule has 3 rings (SSSR count). The Morgan fingerprint density at radius 3 is 2.50 bits per heavy atom. The Kier molecular flexibility index (Phi) is 3.85. The number of benzene rings is 1. The van der Waals surface area contributed by atoms with Crippen LogP contribution in [0.1, 0.15) is 15.9 Å². The summed E-state index contributed by atoms with van der Waals surface area (Å²) in [7, 11) is 5.48. The summed E-state index contributed by atoms with van der Waals surface area (Å²) in [4.78, 5) is 22.1. The molecular formula is C16H19N3O3. The number of nitrogens with zero attached hydrogens (tertiary/aromatic N) is 3. The number of allylic oxidation sites excluding steroid dienone is 2. The number of methoxy groups -OCH3 is 1. The van der Waals surface area contributed by atoms with E-state index in [0.29, 0.717) is 36.9 Å². The third-order valence-electron chi connectivity index (χ3n) is 3.81. The molecule has 0 N–H and O–H groups in total. The van der Waals surface area contributed by atoms with Gasteiger partial charge in [-0.15, -0.1) is 0 Å². The molecule has 1 aliphatic heterocycles. The standard InChI is InChI=1S/C16H19N3O3/c1-18-10-19(2)15-14(18)13(17-22-9-8-21-3)11-6-4-5-7-12(11)16(15)20/h4-7H,8-10H2,1-3H3. The molecule has 1 heterocycles. The van der Waals surface area contributed by atoms with E-state index < -0.39 is 0 Å². The van der Waals surface area contributed by atoms with E-state index in [0.717, 1.165) is 11.3 Å². The zero-order valence-electron chi connectivity index (χ0n) is 13.0. The maximum Gasteiger partial charge on any atom is 0.211 e. The van der Waals surface area contributed by atoms with Crippen molar-refractivity contribution in [2.24, 2.45) is 5.16 Å². The monoisotopic (exact) mass is 301 g/mol. The van der Waals surface area contributed by atoms with Crippen molar-refractivity contribution in [3.05, 3.63) is 46.8 Å². The van der Waals surface area contributed by atoms with Gasteiger partial charge in [-0.2, -0.15) is 0 Å². The average molecular weight is 301 g/mol. The summed E-state index contributed by atoms with van der Waals surface area (Å²) in [6, 6.07) is 7.51. The highest BCUT2D eigenvalue weighted by molar-refractivity contribution is 6.28. The van der Waals surface area contributed by atoms with Gasteiger partial charge in [0.1, 0.15) is 18.0 Å². The number of oxime groups is 1. The highest BCUT2D eigenvalue weighted by atomic mass is 16.6. The van der Waals surface area contributed by atoms with Crippen LogP contribution in [0.4, 0.5) is 0 Å². The number of ketones is 1. The maximum absolute atomic E-state index is 12.7. The number of rotatable bonds is 4. The molecule has 2 aliphatic rings. The van der Waals surface area contributed by atoms with Crippen molar-refractivity contribution in [3.8, 4) is 0 Å². The third-order valence-corrected chi connectivity index (χ3v) is 3.81. The lowest BCUT2D eigenvalue weighted by molar-refractivity contribution is 0.0750. The van der Waals surface area contributed by atoms with Gasteiger partial charge in [0.05, 0.1) is 19.0 Å². The molecule has 0 saturated heterocycles. The summed E-state index contributed by atoms with van der Waals surface area (Å²) in [6.07, 6.45) is 0. The van der Waals surface area contributed by atoms with Crippen molar-refractivity contribution in [1.29, 1.82) is 0 Å². The van der Waals surface area contributed by atoms with Gasteiger partial charge >= 0.3 is 0 Å². The third kappa shape index (κ3) is 2.25. The molecule has 6 nitrogen and oxygen atoms in total. The molecule has 22 heavy (non-hydrogen) atoms. The largest absolute Gasteiger partial charge is 0.393 e. The van der Waals surface area contributed by atoms with Gasteiger partial charge in [0.2, 0.25) is 5.78 Å². The average Bonchev–Trinajstić information content (AvgIpc) is 2.81. The van der Waals surface area contributed by atoms with Gasteiger partial charge < -0.3 is 19.4 Å². The number of likely N-dealkylation sites (N-methyl/N-ethyl adjacent to an activating group) is 2. The zero-order chi connectivity index (χ0) is 15.7. The number of hydrogen-bond donors (Lipinski definition) is 0. The van der Waals surface area contributed by atoms with Crippen molar-refractivity contribution in [1.82, 2.24) is 9.80 Å². The number of hydrogen-bond acceptors (Lipinski definition) is 6. The molecule has 0 bridgehead atoms. The lowest BCUT2D eigenvalue weighted by Crippen LogP contribution is -2.27. The predicted octanol–water partition coefficient (Wildman–Crippen LogP) is 1.30. The molecule has 1 aliphatic carbocycles. The summed E-state index contributed by atoms with van der Waals surface area (Å²) in [6.45, 7) is 1.50. The van der Waals surface area contributed by atoms with Crippen molar-refractivity contribution >= 4 is 11.5 Å². The summed E-state index contributed by atoms with van der Waals surface area (Å²) in [5, 5.41) is 4.28. The van der Waals surface area contributed by atoms with Gasteiger partial charge in [0.15, 0.2) is 0 Å². The molecule has 1 aromatic rings. The van der Waals surface area contributed by atoms with E-state index in [2.05, 4.69) is 5.16 Å². The van der Waals surface area contributed by atoms with Crippen LogP contribution in [0.2, 0.25) is 0 Å². The smallest absolute Gasteiger partial charge is 0.211 e. The summed E-state index contributed by atoms with van der Waals surface area (Å²) in [5.74, 6) is 0.0355. The SMILES string of the molecule is COCCON=C1C2=C(C(=O)c3ccccc31)N(C)CN2C. The fourth-order valence-corrected chi connectivity index (χ4v) is 2.86. The Bertz CT molecular complexity index is 666. The fraction of sp³-hybridized carbons (Fsp3) is 0.375. The van der Waals surface area contributed by atoms with Gasteiger partial charge in [0.25, 0.3) is 0 Å². The number of ether oxygens (including phenoxy) is 1. The molecule has 0 fully saturated rings. The number of Topliss-reactive ketones (excluding diaryl/α,β-unsaturated/α-hetero) is 1. The first kappa shape index (κ1) is 14.6. The molecule has 116 valence electrons. The Morgan fingerprint density at radius 1 is 1.09 bits per heavy atom. The second-order valence-electron chi connectivity index (χ2n) is 5.38. The van der Waals surface area contributed by atoms with E-state index in [1.165, 1.54) is 0 Å². The van der Waals surface area contributed by atoms with Gasteiger partial charge in [-0.1, -0.05) is 29.4 Å². The van der Waals surface area contributed by atoms with Crippen LogP contribution >= 0.6 is 0 Å². The summed E-state index contributed by atoms with van der Waals surface area (Å²) < 4.78 is 4.96. The van der Waals surface area contributed by atoms with Crippen LogP contribution in [0, 0.1) is 0 Å². The van der Waals surface area contributed by atoms with Crippen LogP contribution in [0.3, 0.4) is 0 Å². The van der Waals surface area contributed by atoms with E-state index in [-0.39, 0.29) is 5.78 Å². The first-order valence-electron chi connectivity index (χ1n) is 7.15. The Balaban J connectivity index is 2.07. The van der Waals surface area contributed by atoms with E-state index in [1.54, 1.807) is 7.11 Å². The Labute approximate surface area is 129 Å². The normalized spacial score (nSPS) is 18.9. The molecule has 0 amide bonds. The van der Waals surface area contributed by atoms with Crippen LogP contribution in [-0.4, -0.2) is 62.4 Å². The highest BCUT2D eigenvalue weighted by Gasteiger charge is 2.39. The van der Waals surface area contributed by atoms with Crippen molar-refractivity contribution in [3.63, 3.8) is 0 Å². The quantitative estimate of drug-likeness (QED) is 0.620. The maximum atomic E-state index is 12.7. The van der Waals surface area contributed by atoms with E-state index in [1.807, 2.05) is 48.2 Å². The van der Waals surface area contributed by atoms with Gasteiger partial charge in [-0.3, -0.25) is 4.79 Å². The van der Waals surface area contributed by atoms with Gasteiger partial charge in [-0.05, 0) is 0 Å². The minimum Gasteiger partial charge on any atom is -0.393 e. The molecule has 0 radical (unpaired) electrons. The zero-order valence-corrected chi connectivity index (χ0v) is 13.0. The first-order valence-corrected chi connectivity index (χ1v) is 7.15. The summed E-state index contributed by atoms with van der Waals surface area (Å²) >= 11 is 0. The molecule has 0 aromatic heterocycles. The minimum absolute atomic E-state index is 0.0355. The molecule has 0 atom stereocenters. The van der Waals surface area contributed by atoms with E-state index in [9.17, 15) is 4.79 Å². The topological polar surface area (TPSA) is 54.4 Å². The first-order chi connectivity index (χ1) is 10.6. The van der Waals surface area contributed by atoms with Crippen LogP contribution in [0.25, 0.3) is 0 Å². The Morgan fingerprint density at radius 2 is 1.77 bits per heavy atom. The molecule has 1 aromatic carbocycles. The molecule has 6 heteroatoms. The Hall–Kier alpha value is -2.34. The van der Waals surface area contributed by atoms with Crippen molar-refractivity contribution in [2.45, 2.75) is 0 Å². The second-order valence-corrected chi connectivity index (χ2v) is 5.38. The molecular weight excluding hydrogens is 282 g/mol. The predicted molar refractivity (Wildman–Crippen MR) is 82.6 cm³/mol. The minimum atomic E-state index is 0.0355. The number of carbonyl (C=O) groups is 1. The van der Waals surface area contributed by atoms with Crippen LogP contribution in [0.5, 0.6) is 0 Å². The van der Waals surface area contributed by atoms with E-state index >= 15 is 0 Å². The summed E-state index contributed by atoms with van der Waals surface area (Å²) in [5.41, 5.74) is 3.68. The molecule has 0 saturated carbocycles. The number of carbonyl (C=O) groups excluding carboxylic acids is 1. The van der Waals surface area contributed by atoms with E-state index in [4.69, 9.17) is 9.57 Å². The van der Waals surface area contributed by atoms with Crippen molar-refractivity contribution < 1.29 is 14.4 Å². The number of fused-ring (bicyclic) bond motifs is 1. The molecule has 0 spiro atoms. The lowest BCUT2D eigenvalue weighted by atomic mass is 9.90. The second kappa shape index (κ2) is 5.81. The molecule has 0 unspecified atom stereocenters. The van der Waals surface area contributed by atoms with Crippen LogP contribution in [0.15, 0.2) is 40.8 Å². The lowest BCUT2D eigenvalue weighted by Gasteiger charge is -2.22. The fourth-order valence-electron chi connectivity index (χ4n) is 2.86. The van der Waals surface area contributed by atoms with Crippen molar-refractivity contribution in [2.75, 3.05) is 41.1 Å². The van der Waals surface area contributed by atoms with Gasteiger partial charge in [0, 0.05) is 32.3 Å². The van der Waals surface area contributed by atoms with Gasteiger partial charge in [-0.25, -0.2) is 0 Å². The van der Waals surface area contributed by atoms with Crippen LogP contribution in [-0.2, 0) is 9.57 Å².